The van der Waals surface area contributed by atoms with Crippen LogP contribution in [0.3, 0.4) is 0 Å². The predicted molar refractivity (Wildman–Crippen MR) is 123 cm³/mol. The van der Waals surface area contributed by atoms with Crippen molar-refractivity contribution in [3.05, 3.63) is 57.8 Å². The van der Waals surface area contributed by atoms with Crippen molar-refractivity contribution in [1.29, 1.82) is 0 Å². The molecule has 0 aliphatic carbocycles. The Labute approximate surface area is 182 Å². The van der Waals surface area contributed by atoms with Gasteiger partial charge in [0.05, 0.1) is 6.04 Å². The Balaban J connectivity index is 0.00000261. The average molecular weight is 498 g/mol. The minimum atomic E-state index is 0. The maximum absolute atomic E-state index is 11.8. The first-order valence-corrected chi connectivity index (χ1v) is 9.90. The molecule has 2 aromatic rings. The van der Waals surface area contributed by atoms with Gasteiger partial charge < -0.3 is 15.5 Å². The number of carbonyl (C=O) groups is 1. The number of nitrogens with one attached hydrogen (secondary N) is 2. The second kappa shape index (κ2) is 10.7. The first-order chi connectivity index (χ1) is 12.7. The number of guanidine groups is 1. The number of thiophene rings is 1. The third-order valence-electron chi connectivity index (χ3n) is 4.54. The van der Waals surface area contributed by atoms with E-state index >= 15 is 0 Å². The first-order valence-electron chi connectivity index (χ1n) is 9.02. The summed E-state index contributed by atoms with van der Waals surface area (Å²) in [5.74, 6) is 1.05. The Morgan fingerprint density at radius 2 is 2.11 bits per heavy atom. The smallest absolute Gasteiger partial charge is 0.222 e. The van der Waals surface area contributed by atoms with E-state index in [9.17, 15) is 4.79 Å². The molecule has 7 heteroatoms. The largest absolute Gasteiger partial charge is 0.352 e. The van der Waals surface area contributed by atoms with Gasteiger partial charge >= 0.3 is 0 Å². The zero-order valence-corrected chi connectivity index (χ0v) is 18.9. The molecule has 5 nitrogen and oxygen atoms in total. The highest BCUT2D eigenvalue weighted by Crippen LogP contribution is 2.18. The van der Waals surface area contributed by atoms with Crippen LogP contribution in [0.2, 0.25) is 0 Å². The Morgan fingerprint density at radius 3 is 2.78 bits per heavy atom. The van der Waals surface area contributed by atoms with Crippen LogP contribution in [0.5, 0.6) is 0 Å². The first kappa shape index (κ1) is 21.7. The molecule has 1 atom stereocenters. The highest BCUT2D eigenvalue weighted by molar-refractivity contribution is 14.0. The zero-order chi connectivity index (χ0) is 18.4. The summed E-state index contributed by atoms with van der Waals surface area (Å²) in [7, 11) is 1.78. The number of benzene rings is 1. The van der Waals surface area contributed by atoms with Gasteiger partial charge in [-0.1, -0.05) is 30.3 Å². The van der Waals surface area contributed by atoms with Gasteiger partial charge in [-0.3, -0.25) is 9.79 Å². The molecule has 146 valence electrons. The fourth-order valence-electron chi connectivity index (χ4n) is 3.12. The normalized spacial score (nSPS) is 15.4. The van der Waals surface area contributed by atoms with Crippen molar-refractivity contribution in [3.8, 4) is 0 Å². The standard InChI is InChI=1S/C20H26N4OS.HI/c1-15(18-8-5-11-26-18)23-20(21-2)22-13-16-6-3-7-17(12-16)14-24-10-4-9-19(24)25;/h3,5-8,11-12,15H,4,9-10,13-14H2,1-2H3,(H2,21,22,23);1H. The van der Waals surface area contributed by atoms with Crippen LogP contribution in [0.1, 0.15) is 41.8 Å². The quantitative estimate of drug-likeness (QED) is 0.361. The Hall–Kier alpha value is -1.61. The van der Waals surface area contributed by atoms with E-state index < -0.39 is 0 Å². The van der Waals surface area contributed by atoms with Crippen LogP contribution in [0.25, 0.3) is 0 Å². The molecule has 0 radical (unpaired) electrons. The fourth-order valence-corrected chi connectivity index (χ4v) is 3.86. The number of likely N-dealkylation sites (tertiary alicyclic amines) is 1. The number of hydrogen-bond donors (Lipinski definition) is 2. The van der Waals surface area contributed by atoms with Crippen molar-refractivity contribution in [2.24, 2.45) is 4.99 Å². The summed E-state index contributed by atoms with van der Waals surface area (Å²) in [5, 5.41) is 8.87. The molecule has 27 heavy (non-hydrogen) atoms. The van der Waals surface area contributed by atoms with Crippen LogP contribution in [0.15, 0.2) is 46.8 Å². The van der Waals surface area contributed by atoms with Gasteiger partial charge in [0.15, 0.2) is 5.96 Å². The summed E-state index contributed by atoms with van der Waals surface area (Å²) >= 11 is 1.74. The van der Waals surface area contributed by atoms with Gasteiger partial charge in [-0.15, -0.1) is 35.3 Å². The van der Waals surface area contributed by atoms with E-state index in [-0.39, 0.29) is 35.9 Å². The number of nitrogens with zero attached hydrogens (tertiary/aromatic N) is 2. The van der Waals surface area contributed by atoms with Gasteiger partial charge in [-0.05, 0) is 35.9 Å². The molecule has 2 heterocycles. The van der Waals surface area contributed by atoms with Crippen molar-refractivity contribution in [2.75, 3.05) is 13.6 Å². The van der Waals surface area contributed by atoms with Gasteiger partial charge in [-0.2, -0.15) is 0 Å². The number of halogens is 1. The van der Waals surface area contributed by atoms with Gasteiger partial charge in [0.1, 0.15) is 0 Å². The van der Waals surface area contributed by atoms with E-state index in [4.69, 9.17) is 0 Å². The van der Waals surface area contributed by atoms with Gasteiger partial charge in [0, 0.05) is 38.0 Å². The van der Waals surface area contributed by atoms with Gasteiger partial charge in [0.2, 0.25) is 5.91 Å². The molecular weight excluding hydrogens is 471 g/mol. The highest BCUT2D eigenvalue weighted by atomic mass is 127. The van der Waals surface area contributed by atoms with Crippen molar-refractivity contribution < 1.29 is 4.79 Å². The van der Waals surface area contributed by atoms with Gasteiger partial charge in [-0.25, -0.2) is 0 Å². The second-order valence-corrected chi connectivity index (χ2v) is 7.53. The van der Waals surface area contributed by atoms with Crippen molar-refractivity contribution in [1.82, 2.24) is 15.5 Å². The van der Waals surface area contributed by atoms with Crippen LogP contribution in [0.4, 0.5) is 0 Å². The van der Waals surface area contributed by atoms with Crippen LogP contribution in [-0.4, -0.2) is 30.4 Å². The molecule has 1 aliphatic heterocycles. The minimum Gasteiger partial charge on any atom is -0.352 e. The maximum Gasteiger partial charge on any atom is 0.222 e. The summed E-state index contributed by atoms with van der Waals surface area (Å²) < 4.78 is 0. The van der Waals surface area contributed by atoms with Crippen LogP contribution >= 0.6 is 35.3 Å². The van der Waals surface area contributed by atoms with E-state index in [2.05, 4.69) is 64.3 Å². The van der Waals surface area contributed by atoms with E-state index in [0.717, 1.165) is 18.9 Å². The minimum absolute atomic E-state index is 0. The average Bonchev–Trinajstić information content (AvgIpc) is 3.31. The summed E-state index contributed by atoms with van der Waals surface area (Å²) in [6, 6.07) is 12.8. The third kappa shape index (κ3) is 6.21. The summed E-state index contributed by atoms with van der Waals surface area (Å²) in [6.07, 6.45) is 1.66. The van der Waals surface area contributed by atoms with Crippen LogP contribution in [0, 0.1) is 0 Å². The lowest BCUT2D eigenvalue weighted by Crippen LogP contribution is -2.38. The summed E-state index contributed by atoms with van der Waals surface area (Å²) in [4.78, 5) is 19.3. The Bertz CT molecular complexity index is 763. The predicted octanol–water partition coefficient (Wildman–Crippen LogP) is 3.91. The Kier molecular flexibility index (Phi) is 8.56. The molecule has 0 spiro atoms. The molecule has 0 bridgehead atoms. The maximum atomic E-state index is 11.8. The van der Waals surface area contributed by atoms with Crippen molar-refractivity contribution >= 4 is 47.2 Å². The molecule has 1 aromatic carbocycles. The van der Waals surface area contributed by atoms with Crippen LogP contribution < -0.4 is 10.6 Å². The molecule has 1 aliphatic rings. The topological polar surface area (TPSA) is 56.7 Å². The monoisotopic (exact) mass is 498 g/mol. The lowest BCUT2D eigenvalue weighted by atomic mass is 10.1. The molecule has 0 saturated carbocycles. The van der Waals surface area contributed by atoms with Crippen molar-refractivity contribution in [3.63, 3.8) is 0 Å². The third-order valence-corrected chi connectivity index (χ3v) is 5.60. The lowest BCUT2D eigenvalue weighted by Gasteiger charge is -2.18. The molecule has 1 amide bonds. The molecule has 1 fully saturated rings. The fraction of sp³-hybridized carbons (Fsp3) is 0.400. The number of carbonyl (C=O) groups excluding carboxylic acids is 1. The van der Waals surface area contributed by atoms with Gasteiger partial charge in [0.25, 0.3) is 0 Å². The molecule has 1 saturated heterocycles. The van der Waals surface area contributed by atoms with E-state index in [0.29, 0.717) is 19.5 Å². The number of amides is 1. The second-order valence-electron chi connectivity index (χ2n) is 6.55. The van der Waals surface area contributed by atoms with E-state index in [1.54, 1.807) is 18.4 Å². The highest BCUT2D eigenvalue weighted by Gasteiger charge is 2.19. The molecule has 1 unspecified atom stereocenters. The lowest BCUT2D eigenvalue weighted by molar-refractivity contribution is -0.128. The number of hydrogen-bond acceptors (Lipinski definition) is 3. The summed E-state index contributed by atoms with van der Waals surface area (Å²) in [5.41, 5.74) is 2.36. The zero-order valence-electron chi connectivity index (χ0n) is 15.8. The number of rotatable bonds is 6. The SMILES string of the molecule is CN=C(NCc1cccc(CN2CCCC2=O)c1)NC(C)c1cccs1.I. The van der Waals surface area contributed by atoms with Crippen LogP contribution in [-0.2, 0) is 17.9 Å². The molecule has 1 aromatic heterocycles. The molecule has 2 N–H and O–H groups in total. The molecule has 3 rings (SSSR count). The van der Waals surface area contributed by atoms with E-state index in [1.165, 1.54) is 16.0 Å². The Morgan fingerprint density at radius 1 is 1.30 bits per heavy atom. The summed E-state index contributed by atoms with van der Waals surface area (Å²) in [6.45, 7) is 4.40. The molecular formula is C20H27IN4OS. The number of aliphatic imine (C=N–C) groups is 1. The van der Waals surface area contributed by atoms with E-state index in [1.807, 2.05) is 4.90 Å². The van der Waals surface area contributed by atoms with Crippen molar-refractivity contribution in [2.45, 2.75) is 38.9 Å².